The van der Waals surface area contributed by atoms with E-state index in [0.29, 0.717) is 23.2 Å². The van der Waals surface area contributed by atoms with E-state index in [1.54, 1.807) is 48.5 Å². The van der Waals surface area contributed by atoms with Gasteiger partial charge in [0.15, 0.2) is 0 Å². The summed E-state index contributed by atoms with van der Waals surface area (Å²) in [6.45, 7) is 3.71. The lowest BCUT2D eigenvalue weighted by Gasteiger charge is -2.25. The zero-order valence-corrected chi connectivity index (χ0v) is 17.5. The summed E-state index contributed by atoms with van der Waals surface area (Å²) in [5.41, 5.74) is 1.86. The molecule has 2 N–H and O–H groups in total. The van der Waals surface area contributed by atoms with Crippen LogP contribution in [0.5, 0.6) is 0 Å². The highest BCUT2D eigenvalue weighted by molar-refractivity contribution is 5.96. The van der Waals surface area contributed by atoms with Gasteiger partial charge in [0.2, 0.25) is 17.7 Å². The van der Waals surface area contributed by atoms with Crippen LogP contribution in [-0.2, 0) is 14.4 Å². The van der Waals surface area contributed by atoms with Crippen molar-refractivity contribution in [2.24, 2.45) is 5.92 Å². The summed E-state index contributed by atoms with van der Waals surface area (Å²) >= 11 is 0. The first-order chi connectivity index (χ1) is 14.3. The van der Waals surface area contributed by atoms with Crippen LogP contribution in [0.2, 0.25) is 0 Å². The summed E-state index contributed by atoms with van der Waals surface area (Å²) < 4.78 is 0. The van der Waals surface area contributed by atoms with Crippen LogP contribution in [0, 0.1) is 18.3 Å². The minimum atomic E-state index is -0.861. The van der Waals surface area contributed by atoms with Gasteiger partial charge in [-0.3, -0.25) is 14.4 Å². The molecule has 0 fully saturated rings. The van der Waals surface area contributed by atoms with Crippen LogP contribution >= 0.6 is 0 Å². The first-order valence-corrected chi connectivity index (χ1v) is 9.76. The van der Waals surface area contributed by atoms with Gasteiger partial charge in [-0.1, -0.05) is 56.2 Å². The summed E-state index contributed by atoms with van der Waals surface area (Å²) in [6.07, 6.45) is 5.69. The average Bonchev–Trinajstić information content (AvgIpc) is 2.71. The lowest BCUT2D eigenvalue weighted by atomic mass is 10.0. The second-order valence-electron chi connectivity index (χ2n) is 7.48. The second kappa shape index (κ2) is 10.8. The Morgan fingerprint density at radius 2 is 1.73 bits per heavy atom. The number of hydrogen-bond acceptors (Lipinski definition) is 3. The van der Waals surface area contributed by atoms with Gasteiger partial charge in [-0.05, 0) is 29.7 Å². The molecule has 0 aliphatic heterocycles. The van der Waals surface area contributed by atoms with Gasteiger partial charge >= 0.3 is 0 Å². The lowest BCUT2D eigenvalue weighted by Crippen LogP contribution is -2.44. The number of carbonyl (C=O) groups is 3. The molecule has 1 atom stereocenters. The van der Waals surface area contributed by atoms with Crippen molar-refractivity contribution in [3.63, 3.8) is 0 Å². The molecule has 3 amide bonds. The van der Waals surface area contributed by atoms with E-state index >= 15 is 0 Å². The number of amides is 3. The van der Waals surface area contributed by atoms with E-state index < -0.39 is 6.04 Å². The number of nitrogens with zero attached hydrogens (tertiary/aromatic N) is 1. The molecule has 0 radical (unpaired) electrons. The van der Waals surface area contributed by atoms with Gasteiger partial charge < -0.3 is 15.5 Å². The number of terminal acetylenes is 1. The summed E-state index contributed by atoms with van der Waals surface area (Å²) in [7, 11) is 1.53. The maximum Gasteiger partial charge on any atom is 0.250 e. The van der Waals surface area contributed by atoms with Crippen LogP contribution in [0.3, 0.4) is 0 Å². The molecule has 2 rings (SSSR count). The second-order valence-corrected chi connectivity index (χ2v) is 7.48. The van der Waals surface area contributed by atoms with Gasteiger partial charge in [0, 0.05) is 24.7 Å². The highest BCUT2D eigenvalue weighted by Crippen LogP contribution is 2.17. The van der Waals surface area contributed by atoms with Crippen molar-refractivity contribution < 1.29 is 14.4 Å². The third-order valence-corrected chi connectivity index (χ3v) is 4.35. The molecule has 2 aromatic rings. The Morgan fingerprint density at radius 1 is 1.03 bits per heavy atom. The van der Waals surface area contributed by atoms with Gasteiger partial charge in [-0.2, -0.15) is 0 Å². The number of carbonyl (C=O) groups excluding carboxylic acids is 3. The molecule has 156 valence electrons. The maximum absolute atomic E-state index is 13.1. The van der Waals surface area contributed by atoms with Crippen molar-refractivity contribution >= 4 is 23.4 Å². The van der Waals surface area contributed by atoms with Gasteiger partial charge in [0.1, 0.15) is 6.04 Å². The Hall–Kier alpha value is -3.59. The zero-order chi connectivity index (χ0) is 22.1. The van der Waals surface area contributed by atoms with E-state index in [4.69, 9.17) is 6.42 Å². The molecule has 1 unspecified atom stereocenters. The number of likely N-dealkylation sites (N-methyl/N-ethyl adjacent to an activating group) is 1. The van der Waals surface area contributed by atoms with E-state index in [1.165, 1.54) is 11.9 Å². The zero-order valence-electron chi connectivity index (χ0n) is 17.5. The molecule has 0 aliphatic carbocycles. The van der Waals surface area contributed by atoms with Crippen molar-refractivity contribution in [1.29, 1.82) is 0 Å². The molecule has 0 bridgehead atoms. The van der Waals surface area contributed by atoms with Crippen LogP contribution in [0.1, 0.15) is 37.4 Å². The van der Waals surface area contributed by atoms with Crippen LogP contribution < -0.4 is 10.6 Å². The number of hydrogen-bond donors (Lipinski definition) is 2. The van der Waals surface area contributed by atoms with Crippen molar-refractivity contribution in [3.8, 4) is 12.3 Å². The molecule has 6 heteroatoms. The van der Waals surface area contributed by atoms with E-state index in [-0.39, 0.29) is 30.2 Å². The molecule has 0 spiro atoms. The predicted molar refractivity (Wildman–Crippen MR) is 117 cm³/mol. The van der Waals surface area contributed by atoms with Crippen LogP contribution in [0.15, 0.2) is 54.6 Å². The summed E-state index contributed by atoms with van der Waals surface area (Å²) in [5, 5.41) is 5.53. The average molecular weight is 405 g/mol. The standard InChI is InChI=1S/C24H27N3O3/c1-5-18-10-9-13-20(15-18)25-22(29)16-27(4)24(30)23(19-11-7-6-8-12-19)26-21(28)14-17(2)3/h1,6-13,15,17,23H,14,16H2,2-4H3,(H,25,29)(H,26,28). The molecule has 0 saturated heterocycles. The topological polar surface area (TPSA) is 78.5 Å². The molecule has 0 aliphatic rings. The van der Waals surface area contributed by atoms with Crippen molar-refractivity contribution in [2.45, 2.75) is 26.3 Å². The Labute approximate surface area is 177 Å². The Balaban J connectivity index is 2.09. The van der Waals surface area contributed by atoms with E-state index in [2.05, 4.69) is 16.6 Å². The fourth-order valence-electron chi connectivity index (χ4n) is 2.92. The van der Waals surface area contributed by atoms with Crippen LogP contribution in [0.25, 0.3) is 0 Å². The fourth-order valence-corrected chi connectivity index (χ4v) is 2.92. The van der Waals surface area contributed by atoms with E-state index in [1.807, 2.05) is 19.9 Å². The fraction of sp³-hybridized carbons (Fsp3) is 0.292. The monoisotopic (exact) mass is 405 g/mol. The third kappa shape index (κ3) is 6.78. The highest BCUT2D eigenvalue weighted by Gasteiger charge is 2.27. The summed E-state index contributed by atoms with van der Waals surface area (Å²) in [6, 6.07) is 15.0. The first kappa shape index (κ1) is 22.7. The Bertz CT molecular complexity index is 932. The van der Waals surface area contributed by atoms with Crippen molar-refractivity contribution in [2.75, 3.05) is 18.9 Å². The molecule has 0 saturated carbocycles. The molecule has 0 heterocycles. The largest absolute Gasteiger partial charge is 0.341 e. The van der Waals surface area contributed by atoms with Gasteiger partial charge in [-0.15, -0.1) is 6.42 Å². The number of nitrogens with one attached hydrogen (secondary N) is 2. The van der Waals surface area contributed by atoms with Crippen LogP contribution in [0.4, 0.5) is 5.69 Å². The first-order valence-electron chi connectivity index (χ1n) is 9.76. The smallest absolute Gasteiger partial charge is 0.250 e. The quantitative estimate of drug-likeness (QED) is 0.663. The van der Waals surface area contributed by atoms with Gasteiger partial charge in [0.25, 0.3) is 0 Å². The normalized spacial score (nSPS) is 11.3. The SMILES string of the molecule is C#Cc1cccc(NC(=O)CN(C)C(=O)C(NC(=O)CC(C)C)c2ccccc2)c1. The van der Waals surface area contributed by atoms with Gasteiger partial charge in [0.05, 0.1) is 6.54 Å². The number of rotatable bonds is 8. The molecule has 30 heavy (non-hydrogen) atoms. The number of anilines is 1. The van der Waals surface area contributed by atoms with E-state index in [0.717, 1.165) is 0 Å². The molecule has 2 aromatic carbocycles. The maximum atomic E-state index is 13.1. The summed E-state index contributed by atoms with van der Waals surface area (Å²) in [5.74, 6) is 1.73. The Morgan fingerprint density at radius 3 is 2.37 bits per heavy atom. The molecule has 6 nitrogen and oxygen atoms in total. The molecule has 0 aromatic heterocycles. The number of benzene rings is 2. The lowest BCUT2D eigenvalue weighted by molar-refractivity contribution is -0.137. The van der Waals surface area contributed by atoms with Crippen molar-refractivity contribution in [3.05, 3.63) is 65.7 Å². The van der Waals surface area contributed by atoms with Crippen LogP contribution in [-0.4, -0.2) is 36.2 Å². The highest BCUT2D eigenvalue weighted by atomic mass is 16.2. The van der Waals surface area contributed by atoms with Gasteiger partial charge in [-0.25, -0.2) is 0 Å². The predicted octanol–water partition coefficient (Wildman–Crippen LogP) is 2.97. The minimum Gasteiger partial charge on any atom is -0.341 e. The van der Waals surface area contributed by atoms with Crippen molar-refractivity contribution in [1.82, 2.24) is 10.2 Å². The Kier molecular flexibility index (Phi) is 8.18. The molecular weight excluding hydrogens is 378 g/mol. The van der Waals surface area contributed by atoms with E-state index in [9.17, 15) is 14.4 Å². The summed E-state index contributed by atoms with van der Waals surface area (Å²) in [4.78, 5) is 39.1. The minimum absolute atomic E-state index is 0.164. The molecular formula is C24H27N3O3. The third-order valence-electron chi connectivity index (χ3n) is 4.35.